The molecule has 4 nitrogen and oxygen atoms in total. The largest absolute Gasteiger partial charge is 0.487 e. The Kier molecular flexibility index (Phi) is 5.70. The lowest BCUT2D eigenvalue weighted by Gasteiger charge is -2.21. The van der Waals surface area contributed by atoms with E-state index in [2.05, 4.69) is 5.32 Å². The van der Waals surface area contributed by atoms with Crippen LogP contribution < -0.4 is 10.1 Å². The fourth-order valence-electron chi connectivity index (χ4n) is 2.85. The van der Waals surface area contributed by atoms with Gasteiger partial charge in [0.15, 0.2) is 0 Å². The zero-order chi connectivity index (χ0) is 15.7. The summed E-state index contributed by atoms with van der Waals surface area (Å²) in [5.74, 6) is -2.50. The van der Waals surface area contributed by atoms with Crippen molar-refractivity contribution in [3.05, 3.63) is 29.3 Å². The zero-order valence-electron chi connectivity index (χ0n) is 12.3. The maximum atomic E-state index is 13.2. The Labute approximate surface area is 144 Å². The molecule has 2 heterocycles. The summed E-state index contributed by atoms with van der Waals surface area (Å²) in [6, 6.07) is 6.34. The van der Waals surface area contributed by atoms with Crippen LogP contribution >= 0.6 is 24.0 Å². The predicted octanol–water partition coefficient (Wildman–Crippen LogP) is 2.74. The lowest BCUT2D eigenvalue weighted by atomic mass is 10.2. The number of carbonyl (C=O) groups excluding carboxylic acids is 1. The first-order valence-electron chi connectivity index (χ1n) is 7.26. The van der Waals surface area contributed by atoms with Gasteiger partial charge in [0.25, 0.3) is 5.92 Å². The van der Waals surface area contributed by atoms with Gasteiger partial charge in [0.05, 0.1) is 24.2 Å². The number of ether oxygens (including phenoxy) is 1. The SMILES string of the molecule is Cl.O=C(C1CC(F)(F)CN1)N1CCC(Oc2ccccc2Cl)C1. The first-order chi connectivity index (χ1) is 10.4. The monoisotopic (exact) mass is 366 g/mol. The van der Waals surface area contributed by atoms with Crippen molar-refractivity contribution < 1.29 is 18.3 Å². The maximum Gasteiger partial charge on any atom is 0.262 e. The molecule has 0 aromatic heterocycles. The van der Waals surface area contributed by atoms with Gasteiger partial charge in [0, 0.05) is 19.4 Å². The molecule has 2 aliphatic heterocycles. The molecule has 1 aromatic carbocycles. The summed E-state index contributed by atoms with van der Waals surface area (Å²) in [6.45, 7) is 0.475. The van der Waals surface area contributed by atoms with Gasteiger partial charge < -0.3 is 9.64 Å². The van der Waals surface area contributed by atoms with Crippen molar-refractivity contribution in [2.75, 3.05) is 19.6 Å². The number of carbonyl (C=O) groups is 1. The van der Waals surface area contributed by atoms with Crippen LogP contribution in [-0.2, 0) is 4.79 Å². The minimum Gasteiger partial charge on any atom is -0.487 e. The first kappa shape index (κ1) is 18.2. The highest BCUT2D eigenvalue weighted by Crippen LogP contribution is 2.29. The molecule has 2 fully saturated rings. The number of rotatable bonds is 3. The highest BCUT2D eigenvalue weighted by atomic mass is 35.5. The smallest absolute Gasteiger partial charge is 0.262 e. The number of hydrogen-bond acceptors (Lipinski definition) is 3. The van der Waals surface area contributed by atoms with E-state index >= 15 is 0 Å². The van der Waals surface area contributed by atoms with Crippen LogP contribution in [0.25, 0.3) is 0 Å². The number of nitrogens with one attached hydrogen (secondary N) is 1. The molecule has 0 spiro atoms. The number of hydrogen-bond donors (Lipinski definition) is 1. The predicted molar refractivity (Wildman–Crippen MR) is 85.7 cm³/mol. The van der Waals surface area contributed by atoms with Crippen molar-refractivity contribution in [2.24, 2.45) is 0 Å². The first-order valence-corrected chi connectivity index (χ1v) is 7.64. The summed E-state index contributed by atoms with van der Waals surface area (Å²) < 4.78 is 32.2. The van der Waals surface area contributed by atoms with E-state index < -0.39 is 24.9 Å². The van der Waals surface area contributed by atoms with E-state index in [1.807, 2.05) is 12.1 Å². The minimum atomic E-state index is -2.80. The molecule has 0 aliphatic carbocycles. The van der Waals surface area contributed by atoms with Gasteiger partial charge in [-0.15, -0.1) is 12.4 Å². The molecule has 2 atom stereocenters. The molecule has 2 unspecified atom stereocenters. The summed E-state index contributed by atoms with van der Waals surface area (Å²) in [4.78, 5) is 13.8. The van der Waals surface area contributed by atoms with Crippen LogP contribution in [-0.4, -0.2) is 48.5 Å². The van der Waals surface area contributed by atoms with E-state index in [4.69, 9.17) is 16.3 Å². The Hall–Kier alpha value is -1.11. The lowest BCUT2D eigenvalue weighted by Crippen LogP contribution is -2.43. The normalized spacial score (nSPS) is 26.0. The Bertz CT molecular complexity index is 574. The van der Waals surface area contributed by atoms with E-state index in [0.29, 0.717) is 30.3 Å². The quantitative estimate of drug-likeness (QED) is 0.894. The molecule has 1 aromatic rings. The summed E-state index contributed by atoms with van der Waals surface area (Å²) in [5.41, 5.74) is 0. The number of para-hydroxylation sites is 1. The summed E-state index contributed by atoms with van der Waals surface area (Å²) in [5, 5.41) is 3.11. The van der Waals surface area contributed by atoms with Gasteiger partial charge in [-0.3, -0.25) is 10.1 Å². The second kappa shape index (κ2) is 7.20. The van der Waals surface area contributed by atoms with Crippen molar-refractivity contribution in [1.29, 1.82) is 0 Å². The van der Waals surface area contributed by atoms with Crippen LogP contribution in [0.5, 0.6) is 5.75 Å². The van der Waals surface area contributed by atoms with E-state index in [1.54, 1.807) is 17.0 Å². The molecule has 0 radical (unpaired) electrons. The Balaban J connectivity index is 0.00000192. The van der Waals surface area contributed by atoms with Crippen molar-refractivity contribution in [2.45, 2.75) is 30.9 Å². The van der Waals surface area contributed by atoms with E-state index in [1.165, 1.54) is 0 Å². The second-order valence-corrected chi connectivity index (χ2v) is 6.14. The van der Waals surface area contributed by atoms with Gasteiger partial charge in [-0.2, -0.15) is 0 Å². The molecular weight excluding hydrogens is 349 g/mol. The summed E-state index contributed by atoms with van der Waals surface area (Å²) in [7, 11) is 0. The molecule has 1 N–H and O–H groups in total. The van der Waals surface area contributed by atoms with Gasteiger partial charge in [0.2, 0.25) is 5.91 Å². The minimum absolute atomic E-state index is 0. The third-order valence-electron chi connectivity index (χ3n) is 3.99. The van der Waals surface area contributed by atoms with E-state index in [0.717, 1.165) is 0 Å². The van der Waals surface area contributed by atoms with Crippen molar-refractivity contribution >= 4 is 29.9 Å². The average Bonchev–Trinajstić information content (AvgIpc) is 3.07. The molecule has 2 saturated heterocycles. The van der Waals surface area contributed by atoms with Crippen LogP contribution in [0.3, 0.4) is 0 Å². The van der Waals surface area contributed by atoms with Crippen molar-refractivity contribution in [3.8, 4) is 5.75 Å². The molecule has 3 rings (SSSR count). The van der Waals surface area contributed by atoms with Crippen LogP contribution in [0.4, 0.5) is 8.78 Å². The van der Waals surface area contributed by atoms with Crippen LogP contribution in [0, 0.1) is 0 Å². The van der Waals surface area contributed by atoms with Crippen LogP contribution in [0.2, 0.25) is 5.02 Å². The maximum absolute atomic E-state index is 13.2. The van der Waals surface area contributed by atoms with Gasteiger partial charge in [0.1, 0.15) is 11.9 Å². The van der Waals surface area contributed by atoms with E-state index in [-0.39, 0.29) is 24.4 Å². The Morgan fingerprint density at radius 3 is 2.78 bits per heavy atom. The van der Waals surface area contributed by atoms with Gasteiger partial charge >= 0.3 is 0 Å². The molecule has 23 heavy (non-hydrogen) atoms. The van der Waals surface area contributed by atoms with E-state index in [9.17, 15) is 13.6 Å². The molecule has 1 amide bonds. The molecule has 128 valence electrons. The molecule has 2 aliphatic rings. The molecule has 8 heteroatoms. The number of halogens is 4. The Morgan fingerprint density at radius 2 is 2.13 bits per heavy atom. The van der Waals surface area contributed by atoms with Crippen LogP contribution in [0.15, 0.2) is 24.3 Å². The standard InChI is InChI=1S/C15H17ClF2N2O2.ClH/c16-11-3-1-2-4-13(11)22-10-5-6-20(8-10)14(21)12-7-15(17,18)9-19-12;/h1-4,10,12,19H,5-9H2;1H. The summed E-state index contributed by atoms with van der Waals surface area (Å²) >= 11 is 6.04. The van der Waals surface area contributed by atoms with Crippen molar-refractivity contribution in [3.63, 3.8) is 0 Å². The number of nitrogens with zero attached hydrogens (tertiary/aromatic N) is 1. The highest BCUT2D eigenvalue weighted by molar-refractivity contribution is 6.32. The topological polar surface area (TPSA) is 41.6 Å². The van der Waals surface area contributed by atoms with Gasteiger partial charge in [-0.05, 0) is 12.1 Å². The second-order valence-electron chi connectivity index (χ2n) is 5.74. The highest BCUT2D eigenvalue weighted by Gasteiger charge is 2.44. The third kappa shape index (κ3) is 4.25. The van der Waals surface area contributed by atoms with Gasteiger partial charge in [-0.1, -0.05) is 23.7 Å². The van der Waals surface area contributed by atoms with Gasteiger partial charge in [-0.25, -0.2) is 8.78 Å². The molecule has 0 saturated carbocycles. The fraction of sp³-hybridized carbons (Fsp3) is 0.533. The fourth-order valence-corrected chi connectivity index (χ4v) is 3.04. The lowest BCUT2D eigenvalue weighted by molar-refractivity contribution is -0.132. The van der Waals surface area contributed by atoms with Crippen LogP contribution in [0.1, 0.15) is 12.8 Å². The number of alkyl halides is 2. The molecular formula is C15H18Cl2F2N2O2. The van der Waals surface area contributed by atoms with Crippen molar-refractivity contribution in [1.82, 2.24) is 10.2 Å². The molecule has 0 bridgehead atoms. The summed E-state index contributed by atoms with van der Waals surface area (Å²) in [6.07, 6.45) is 0.0732. The third-order valence-corrected chi connectivity index (χ3v) is 4.31. The Morgan fingerprint density at radius 1 is 1.39 bits per heavy atom. The number of amides is 1. The number of likely N-dealkylation sites (tertiary alicyclic amines) is 1. The zero-order valence-corrected chi connectivity index (χ0v) is 13.9. The number of benzene rings is 1. The average molecular weight is 367 g/mol.